The standard InChI is InChI=1S/C66H90F8N4O14/c1-39(2)31-48(38-87-42(6)57(82)88-37-45-21-19-18-20-22-45)75(14)55(80)52(33-43-23-27-46(28-24-43)65(69,70)71)90-59(84)50(35-63(10,11)67)77(16)54(79)41(5)89-58(83)49(32-40(3)4)76(15)56(81)53(34-44-25-29-47(30-26-44)66(72,73)74)91-60(85)51(36-64(12,13)68)78(17)61(86)92-62(7,8)9/h18-30,39-42,48-53H,31-38H2,1-17H3/t41-,42-,48+,49+,50+,51+,52-,53-/m1/s1. The van der Waals surface area contributed by atoms with Crippen LogP contribution >= 0.6 is 0 Å². The van der Waals surface area contributed by atoms with E-state index in [-0.39, 0.29) is 43.1 Å². The van der Waals surface area contributed by atoms with Crippen LogP contribution in [0.15, 0.2) is 78.9 Å². The molecule has 0 heterocycles. The number of nitrogens with zero attached hydrogens (tertiary/aromatic N) is 4. The predicted molar refractivity (Wildman–Crippen MR) is 323 cm³/mol. The number of carbonyl (C=O) groups excluding carboxylic acids is 8. The summed E-state index contributed by atoms with van der Waals surface area (Å²) in [6.45, 7) is 18.3. The third kappa shape index (κ3) is 26.0. The molecule has 0 unspecified atom stereocenters. The summed E-state index contributed by atoms with van der Waals surface area (Å²) in [4.78, 5) is 117. The number of ether oxygens (including phenoxy) is 6. The summed E-state index contributed by atoms with van der Waals surface area (Å²) in [5.41, 5.74) is -6.72. The first-order chi connectivity index (χ1) is 42.2. The molecule has 0 aliphatic carbocycles. The van der Waals surface area contributed by atoms with E-state index in [0.29, 0.717) is 4.90 Å². The molecule has 92 heavy (non-hydrogen) atoms. The Morgan fingerprint density at radius 2 is 0.848 bits per heavy atom. The summed E-state index contributed by atoms with van der Waals surface area (Å²) in [5.74, 6) is -8.34. The van der Waals surface area contributed by atoms with E-state index in [1.54, 1.807) is 44.2 Å². The van der Waals surface area contributed by atoms with Gasteiger partial charge in [0, 0.05) is 53.9 Å². The molecule has 0 N–H and O–H groups in total. The van der Waals surface area contributed by atoms with Crippen LogP contribution in [0.1, 0.15) is 144 Å². The van der Waals surface area contributed by atoms with E-state index in [1.807, 2.05) is 13.8 Å². The number of hydrogen-bond donors (Lipinski definition) is 0. The van der Waals surface area contributed by atoms with Crippen LogP contribution < -0.4 is 0 Å². The lowest BCUT2D eigenvalue weighted by molar-refractivity contribution is -0.174. The smallest absolute Gasteiger partial charge is 0.416 e. The minimum Gasteiger partial charge on any atom is -0.459 e. The van der Waals surface area contributed by atoms with Gasteiger partial charge < -0.3 is 43.1 Å². The second-order valence-electron chi connectivity index (χ2n) is 26.0. The zero-order valence-corrected chi connectivity index (χ0v) is 55.5. The van der Waals surface area contributed by atoms with E-state index in [1.165, 1.54) is 39.6 Å². The van der Waals surface area contributed by atoms with Gasteiger partial charge in [-0.2, -0.15) is 26.3 Å². The second kappa shape index (κ2) is 33.5. The van der Waals surface area contributed by atoms with E-state index in [9.17, 15) is 64.7 Å². The molecule has 3 aromatic carbocycles. The zero-order chi connectivity index (χ0) is 70.2. The van der Waals surface area contributed by atoms with Crippen LogP contribution in [-0.2, 0) is 93.8 Å². The van der Waals surface area contributed by atoms with Crippen molar-refractivity contribution < 1.29 is 102 Å². The quantitative estimate of drug-likeness (QED) is 0.0334. The molecule has 8 atom stereocenters. The van der Waals surface area contributed by atoms with Gasteiger partial charge in [-0.05, 0) is 128 Å². The third-order valence-electron chi connectivity index (χ3n) is 14.5. The molecular weight excluding hydrogens is 1220 g/mol. The van der Waals surface area contributed by atoms with E-state index in [4.69, 9.17) is 28.4 Å². The molecule has 0 aromatic heterocycles. The highest BCUT2D eigenvalue weighted by Gasteiger charge is 2.44. The van der Waals surface area contributed by atoms with Gasteiger partial charge in [-0.1, -0.05) is 82.3 Å². The van der Waals surface area contributed by atoms with Crippen LogP contribution in [-0.4, -0.2) is 168 Å². The molecule has 0 aliphatic heterocycles. The van der Waals surface area contributed by atoms with Gasteiger partial charge in [0.05, 0.1) is 23.8 Å². The van der Waals surface area contributed by atoms with Crippen molar-refractivity contribution >= 4 is 47.7 Å². The number of hydrogen-bond acceptors (Lipinski definition) is 14. The number of benzene rings is 3. The van der Waals surface area contributed by atoms with Crippen molar-refractivity contribution in [3.63, 3.8) is 0 Å². The highest BCUT2D eigenvalue weighted by Crippen LogP contribution is 2.32. The van der Waals surface area contributed by atoms with Gasteiger partial charge in [0.25, 0.3) is 17.7 Å². The highest BCUT2D eigenvalue weighted by molar-refractivity contribution is 5.92. The number of esters is 4. The molecule has 514 valence electrons. The molecule has 0 spiro atoms. The number of rotatable bonds is 31. The molecule has 26 heteroatoms. The van der Waals surface area contributed by atoms with Gasteiger partial charge in [-0.3, -0.25) is 19.3 Å². The minimum atomic E-state index is -4.76. The zero-order valence-electron chi connectivity index (χ0n) is 55.5. The maximum atomic E-state index is 15.9. The molecule has 18 nitrogen and oxygen atoms in total. The van der Waals surface area contributed by atoms with Crippen molar-refractivity contribution in [2.45, 2.75) is 213 Å². The molecule has 0 bridgehead atoms. The Kier molecular flexibility index (Phi) is 28.7. The first-order valence-corrected chi connectivity index (χ1v) is 30.1. The van der Waals surface area contributed by atoms with Crippen LogP contribution in [0.3, 0.4) is 0 Å². The largest absolute Gasteiger partial charge is 0.459 e. The fourth-order valence-corrected chi connectivity index (χ4v) is 9.46. The molecule has 3 rings (SSSR count). The molecular formula is C66H90F8N4O14. The second-order valence-corrected chi connectivity index (χ2v) is 26.0. The van der Waals surface area contributed by atoms with Crippen LogP contribution in [0.2, 0.25) is 0 Å². The van der Waals surface area contributed by atoms with Crippen LogP contribution in [0, 0.1) is 11.8 Å². The maximum absolute atomic E-state index is 15.9. The van der Waals surface area contributed by atoms with Gasteiger partial charge in [0.2, 0.25) is 0 Å². The van der Waals surface area contributed by atoms with Gasteiger partial charge in [-0.15, -0.1) is 0 Å². The van der Waals surface area contributed by atoms with Crippen LogP contribution in [0.5, 0.6) is 0 Å². The van der Waals surface area contributed by atoms with Crippen molar-refractivity contribution in [3.05, 3.63) is 107 Å². The fraction of sp³-hybridized carbons (Fsp3) is 0.606. The predicted octanol–water partition coefficient (Wildman–Crippen LogP) is 11.5. The van der Waals surface area contributed by atoms with E-state index in [0.717, 1.165) is 120 Å². The minimum absolute atomic E-state index is 0.0305. The SMILES string of the molecule is CC(C)C[C@@H](CO[C@H](C)C(=O)OCc1ccccc1)N(C)C(=O)[C@@H](Cc1ccc(C(F)(F)F)cc1)OC(=O)[C@H](CC(C)(C)F)N(C)C(=O)[C@@H](C)OC(=O)[C@H](CC(C)C)N(C)C(=O)[C@@H](Cc1ccc(C(F)(F)F)cc1)OC(=O)[C@H](CC(C)(C)F)N(C)C(=O)OC(C)(C)C. The summed E-state index contributed by atoms with van der Waals surface area (Å²) in [6, 6.07) is 9.93. The highest BCUT2D eigenvalue weighted by atomic mass is 19.4. The van der Waals surface area contributed by atoms with Gasteiger partial charge in [0.1, 0.15) is 41.7 Å². The number of carbonyl (C=O) groups is 8. The number of alkyl halides is 8. The van der Waals surface area contributed by atoms with E-state index in [2.05, 4.69) is 0 Å². The summed E-state index contributed by atoms with van der Waals surface area (Å²) >= 11 is 0. The summed E-state index contributed by atoms with van der Waals surface area (Å²) < 4.78 is 147. The Morgan fingerprint density at radius 1 is 0.446 bits per heavy atom. The van der Waals surface area contributed by atoms with Gasteiger partial charge in [-0.25, -0.2) is 32.8 Å². The fourth-order valence-electron chi connectivity index (χ4n) is 9.46. The van der Waals surface area contributed by atoms with E-state index < -0.39 is 168 Å². The van der Waals surface area contributed by atoms with Crippen molar-refractivity contribution in [1.29, 1.82) is 0 Å². The van der Waals surface area contributed by atoms with Crippen molar-refractivity contribution in [2.75, 3.05) is 34.8 Å². The Balaban J connectivity index is 2.03. The first kappa shape index (κ1) is 78.9. The number of halogens is 8. The van der Waals surface area contributed by atoms with Crippen molar-refractivity contribution in [1.82, 2.24) is 19.6 Å². The van der Waals surface area contributed by atoms with Gasteiger partial charge in [0.15, 0.2) is 24.4 Å². The van der Waals surface area contributed by atoms with E-state index >= 15 is 8.78 Å². The lowest BCUT2D eigenvalue weighted by Gasteiger charge is -2.35. The van der Waals surface area contributed by atoms with Crippen molar-refractivity contribution in [2.24, 2.45) is 11.8 Å². The molecule has 0 saturated carbocycles. The summed E-state index contributed by atoms with van der Waals surface area (Å²) in [6.07, 6.45) is -19.9. The number of amides is 4. The topological polar surface area (TPSA) is 205 Å². The first-order valence-electron chi connectivity index (χ1n) is 30.1. The molecule has 4 amide bonds. The van der Waals surface area contributed by atoms with Crippen LogP contribution in [0.25, 0.3) is 0 Å². The normalized spacial score (nSPS) is 14.9. The molecule has 0 aliphatic rings. The maximum Gasteiger partial charge on any atom is 0.416 e. The molecule has 3 aromatic rings. The van der Waals surface area contributed by atoms with Crippen LogP contribution in [0.4, 0.5) is 39.9 Å². The summed E-state index contributed by atoms with van der Waals surface area (Å²) in [5, 5.41) is 0. The Hall–Kier alpha value is -7.38. The molecule has 0 radical (unpaired) electrons. The molecule has 0 saturated heterocycles. The average Bonchev–Trinajstić information content (AvgIpc) is 0.936. The monoisotopic (exact) mass is 1310 g/mol. The summed E-state index contributed by atoms with van der Waals surface area (Å²) in [7, 11) is 4.68. The lowest BCUT2D eigenvalue weighted by Crippen LogP contribution is -2.54. The Morgan fingerprint density at radius 3 is 1.25 bits per heavy atom. The third-order valence-corrected chi connectivity index (χ3v) is 14.5. The van der Waals surface area contributed by atoms with Gasteiger partial charge >= 0.3 is 42.3 Å². The number of likely N-dealkylation sites (N-methyl/N-ethyl adjacent to an activating group) is 4. The lowest BCUT2D eigenvalue weighted by atomic mass is 9.98. The molecule has 0 fully saturated rings. The van der Waals surface area contributed by atoms with Crippen molar-refractivity contribution in [3.8, 4) is 0 Å². The Bertz CT molecular complexity index is 2930. The Labute approximate surface area is 533 Å². The average molecular weight is 1320 g/mol.